The van der Waals surface area contributed by atoms with Crippen LogP contribution in [0.3, 0.4) is 0 Å². The number of halogens is 2. The number of hydrogen-bond donors (Lipinski definition) is 0. The van der Waals surface area contributed by atoms with Crippen molar-refractivity contribution in [2.45, 2.75) is 33.1 Å². The smallest absolute Gasteiger partial charge is 0.182 e. The summed E-state index contributed by atoms with van der Waals surface area (Å²) in [6, 6.07) is 8.08. The fourth-order valence-corrected chi connectivity index (χ4v) is 2.93. The molecule has 0 aliphatic rings. The maximum atomic E-state index is 12.2. The van der Waals surface area contributed by atoms with Crippen LogP contribution in [0.1, 0.15) is 34.2 Å². The molecule has 106 valence electrons. The number of aryl methyl sites for hydroxylation is 2. The normalized spacial score (nSPS) is 12.5. The Morgan fingerprint density at radius 3 is 2.50 bits per heavy atom. The van der Waals surface area contributed by atoms with Crippen molar-refractivity contribution in [1.82, 2.24) is 4.57 Å². The minimum absolute atomic E-state index is 0.0326. The van der Waals surface area contributed by atoms with Gasteiger partial charge < -0.3 is 4.57 Å². The topological polar surface area (TPSA) is 22.0 Å². The fourth-order valence-electron chi connectivity index (χ4n) is 2.39. The second kappa shape index (κ2) is 5.74. The number of Topliss-reactive ketones (excluding diaryl/α,β-unsaturated/α-hetero) is 1. The molecule has 1 aromatic carbocycles. The molecule has 20 heavy (non-hydrogen) atoms. The van der Waals surface area contributed by atoms with Crippen molar-refractivity contribution in [1.29, 1.82) is 0 Å². The first-order valence-electron chi connectivity index (χ1n) is 6.46. The lowest BCUT2D eigenvalue weighted by Crippen LogP contribution is -2.11. The van der Waals surface area contributed by atoms with E-state index in [9.17, 15) is 4.79 Å². The summed E-state index contributed by atoms with van der Waals surface area (Å²) in [5, 5.41) is -0.509. The second-order valence-corrected chi connectivity index (χ2v) is 6.56. The molecule has 1 atom stereocenters. The lowest BCUT2D eigenvalue weighted by molar-refractivity contribution is 0.0991. The summed E-state index contributed by atoms with van der Waals surface area (Å²) in [5.74, 6) is -0.0326. The number of carbonyl (C=O) groups excluding carboxylic acids is 1. The van der Waals surface area contributed by atoms with Crippen molar-refractivity contribution in [3.63, 3.8) is 0 Å². The van der Waals surface area contributed by atoms with E-state index < -0.39 is 5.38 Å². The first-order chi connectivity index (χ1) is 9.32. The van der Waals surface area contributed by atoms with Gasteiger partial charge in [0.1, 0.15) is 0 Å². The largest absolute Gasteiger partial charge is 0.317 e. The summed E-state index contributed by atoms with van der Waals surface area (Å²) in [5.41, 5.74) is 4.86. The van der Waals surface area contributed by atoms with E-state index >= 15 is 0 Å². The van der Waals surface area contributed by atoms with Crippen LogP contribution in [-0.4, -0.2) is 15.7 Å². The van der Waals surface area contributed by atoms with E-state index in [1.807, 2.05) is 26.0 Å². The Morgan fingerprint density at radius 2 is 1.90 bits per heavy atom. The Bertz CT molecular complexity index is 673. The predicted octanol–water partition coefficient (Wildman–Crippen LogP) is 4.98. The first-order valence-corrected chi connectivity index (χ1v) is 7.69. The zero-order chi connectivity index (χ0) is 15.0. The van der Waals surface area contributed by atoms with Crippen LogP contribution < -0.4 is 0 Å². The molecule has 1 aromatic heterocycles. The van der Waals surface area contributed by atoms with E-state index in [-0.39, 0.29) is 5.78 Å². The molecule has 0 saturated carbocycles. The molecule has 0 N–H and O–H groups in total. The average molecular weight is 355 g/mol. The van der Waals surface area contributed by atoms with Crippen LogP contribution >= 0.6 is 27.5 Å². The molecule has 2 nitrogen and oxygen atoms in total. The molecule has 1 heterocycles. The van der Waals surface area contributed by atoms with Crippen molar-refractivity contribution in [2.75, 3.05) is 0 Å². The number of nitrogens with zero attached hydrogens (tertiary/aromatic N) is 1. The number of alkyl halides is 1. The molecule has 0 radical (unpaired) electrons. The van der Waals surface area contributed by atoms with Crippen LogP contribution in [0.5, 0.6) is 0 Å². The highest BCUT2D eigenvalue weighted by Crippen LogP contribution is 2.28. The summed E-state index contributed by atoms with van der Waals surface area (Å²) in [6.07, 6.45) is 0. The molecule has 0 saturated heterocycles. The van der Waals surface area contributed by atoms with Crippen LogP contribution in [0.2, 0.25) is 0 Å². The molecule has 0 aliphatic carbocycles. The third-order valence-corrected chi connectivity index (χ3v) is 4.27. The standard InChI is InChI=1S/C16H17BrClNO/c1-9-5-6-14(17)15(7-9)19-10(2)8-13(12(19)4)16(20)11(3)18/h5-8,11H,1-4H3. The van der Waals surface area contributed by atoms with Gasteiger partial charge in [-0.25, -0.2) is 0 Å². The minimum Gasteiger partial charge on any atom is -0.317 e. The van der Waals surface area contributed by atoms with Gasteiger partial charge in [0.15, 0.2) is 5.78 Å². The maximum Gasteiger partial charge on any atom is 0.182 e. The Hall–Kier alpha value is -1.06. The minimum atomic E-state index is -0.509. The van der Waals surface area contributed by atoms with Gasteiger partial charge in [0.2, 0.25) is 0 Å². The zero-order valence-corrected chi connectivity index (χ0v) is 14.3. The molecule has 2 rings (SSSR count). The van der Waals surface area contributed by atoms with E-state index in [4.69, 9.17) is 11.6 Å². The summed E-state index contributed by atoms with van der Waals surface area (Å²) in [6.45, 7) is 7.71. The third kappa shape index (κ3) is 2.70. The van der Waals surface area contributed by atoms with Crippen molar-refractivity contribution in [2.24, 2.45) is 0 Å². The summed E-state index contributed by atoms with van der Waals surface area (Å²) in [4.78, 5) is 12.2. The van der Waals surface area contributed by atoms with Gasteiger partial charge in [0.05, 0.1) is 11.1 Å². The van der Waals surface area contributed by atoms with E-state index in [0.717, 1.165) is 21.5 Å². The van der Waals surface area contributed by atoms with Gasteiger partial charge in [-0.1, -0.05) is 6.07 Å². The van der Waals surface area contributed by atoms with Crippen LogP contribution in [0, 0.1) is 20.8 Å². The van der Waals surface area contributed by atoms with Crippen molar-refractivity contribution >= 4 is 33.3 Å². The monoisotopic (exact) mass is 353 g/mol. The number of carbonyl (C=O) groups is 1. The molecule has 0 aliphatic heterocycles. The highest BCUT2D eigenvalue weighted by Gasteiger charge is 2.20. The number of hydrogen-bond acceptors (Lipinski definition) is 1. The summed E-state index contributed by atoms with van der Waals surface area (Å²) in [7, 11) is 0. The highest BCUT2D eigenvalue weighted by atomic mass is 79.9. The molecule has 2 aromatic rings. The number of ketones is 1. The lowest BCUT2D eigenvalue weighted by atomic mass is 10.1. The van der Waals surface area contributed by atoms with Gasteiger partial charge >= 0.3 is 0 Å². The van der Waals surface area contributed by atoms with Gasteiger partial charge in [-0.05, 0) is 67.4 Å². The Morgan fingerprint density at radius 1 is 1.25 bits per heavy atom. The SMILES string of the molecule is Cc1ccc(Br)c(-n2c(C)cc(C(=O)C(C)Cl)c2C)c1. The fraction of sp³-hybridized carbons (Fsp3) is 0.312. The van der Waals surface area contributed by atoms with Crippen molar-refractivity contribution < 1.29 is 4.79 Å². The molecule has 0 amide bonds. The zero-order valence-electron chi connectivity index (χ0n) is 12.0. The number of benzene rings is 1. The van der Waals surface area contributed by atoms with E-state index in [1.165, 1.54) is 5.56 Å². The van der Waals surface area contributed by atoms with Gasteiger partial charge in [-0.2, -0.15) is 0 Å². The summed E-state index contributed by atoms with van der Waals surface area (Å²) < 4.78 is 3.09. The predicted molar refractivity (Wildman–Crippen MR) is 87.3 cm³/mol. The molecule has 0 fully saturated rings. The quantitative estimate of drug-likeness (QED) is 0.563. The lowest BCUT2D eigenvalue weighted by Gasteiger charge is -2.13. The Kier molecular flexibility index (Phi) is 4.40. The second-order valence-electron chi connectivity index (χ2n) is 5.06. The van der Waals surface area contributed by atoms with E-state index in [2.05, 4.69) is 39.6 Å². The Labute approximate surface area is 132 Å². The third-order valence-electron chi connectivity index (χ3n) is 3.40. The molecule has 0 bridgehead atoms. The molecular formula is C16H17BrClNO. The van der Waals surface area contributed by atoms with Crippen LogP contribution in [0.4, 0.5) is 0 Å². The van der Waals surface area contributed by atoms with Crippen LogP contribution in [-0.2, 0) is 0 Å². The number of rotatable bonds is 3. The van der Waals surface area contributed by atoms with E-state index in [1.54, 1.807) is 6.92 Å². The van der Waals surface area contributed by atoms with Crippen LogP contribution in [0.15, 0.2) is 28.7 Å². The van der Waals surface area contributed by atoms with E-state index in [0.29, 0.717) is 5.56 Å². The highest BCUT2D eigenvalue weighted by molar-refractivity contribution is 9.10. The molecule has 1 unspecified atom stereocenters. The maximum absolute atomic E-state index is 12.2. The molecular weight excluding hydrogens is 338 g/mol. The number of aromatic nitrogens is 1. The van der Waals surface area contributed by atoms with Crippen LogP contribution in [0.25, 0.3) is 5.69 Å². The summed E-state index contributed by atoms with van der Waals surface area (Å²) >= 11 is 9.51. The Balaban J connectivity index is 2.64. The molecule has 0 spiro atoms. The van der Waals surface area contributed by atoms with Gasteiger partial charge in [0, 0.05) is 21.4 Å². The van der Waals surface area contributed by atoms with Gasteiger partial charge in [-0.15, -0.1) is 11.6 Å². The molecule has 4 heteroatoms. The van der Waals surface area contributed by atoms with Crippen molar-refractivity contribution in [3.8, 4) is 5.69 Å². The average Bonchev–Trinajstić information content (AvgIpc) is 2.67. The first kappa shape index (κ1) is 15.3. The van der Waals surface area contributed by atoms with Crippen molar-refractivity contribution in [3.05, 3.63) is 51.3 Å². The van der Waals surface area contributed by atoms with Gasteiger partial charge in [-0.3, -0.25) is 4.79 Å². The van der Waals surface area contributed by atoms with Gasteiger partial charge in [0.25, 0.3) is 0 Å².